The number of nitrogens with zero attached hydrogens (tertiary/aromatic N) is 2. The highest BCUT2D eigenvalue weighted by molar-refractivity contribution is 6.00. The zero-order chi connectivity index (χ0) is 20.5. The third kappa shape index (κ3) is 3.49. The smallest absolute Gasteiger partial charge is 0.273 e. The number of carbonyl (C=O) groups is 2. The van der Waals surface area contributed by atoms with Gasteiger partial charge in [-0.05, 0) is 43.2 Å². The van der Waals surface area contributed by atoms with Gasteiger partial charge in [-0.15, -0.1) is 0 Å². The van der Waals surface area contributed by atoms with Crippen LogP contribution in [-0.4, -0.2) is 21.6 Å². The number of hydrogen-bond acceptors (Lipinski definition) is 3. The molecule has 5 rings (SSSR count). The lowest BCUT2D eigenvalue weighted by molar-refractivity contribution is -0.127. The summed E-state index contributed by atoms with van der Waals surface area (Å²) in [5.41, 5.74) is 7.97. The van der Waals surface area contributed by atoms with Crippen molar-refractivity contribution >= 4 is 11.8 Å². The Morgan fingerprint density at radius 1 is 0.900 bits per heavy atom. The van der Waals surface area contributed by atoms with E-state index in [0.29, 0.717) is 23.1 Å². The van der Waals surface area contributed by atoms with Gasteiger partial charge in [0.25, 0.3) is 5.91 Å². The van der Waals surface area contributed by atoms with Crippen LogP contribution in [0.4, 0.5) is 0 Å². The van der Waals surface area contributed by atoms with Crippen LogP contribution in [0.1, 0.15) is 36.0 Å². The predicted octanol–water partition coefficient (Wildman–Crippen LogP) is 3.74. The summed E-state index contributed by atoms with van der Waals surface area (Å²) in [6.45, 7) is 0. The average Bonchev–Trinajstić information content (AvgIpc) is 3.54. The molecule has 0 saturated heterocycles. The molecule has 2 aliphatic carbocycles. The summed E-state index contributed by atoms with van der Waals surface area (Å²) in [7, 11) is 0. The Kier molecular flexibility index (Phi) is 4.83. The van der Waals surface area contributed by atoms with Crippen molar-refractivity contribution < 1.29 is 9.59 Å². The van der Waals surface area contributed by atoms with Crippen LogP contribution in [0.5, 0.6) is 0 Å². The largest absolute Gasteiger partial charge is 0.273 e. The molecule has 2 bridgehead atoms. The van der Waals surface area contributed by atoms with Crippen molar-refractivity contribution in [2.45, 2.75) is 25.7 Å². The van der Waals surface area contributed by atoms with E-state index in [2.05, 4.69) is 16.0 Å². The second-order valence-electron chi connectivity index (χ2n) is 8.26. The number of benzene rings is 2. The molecule has 0 aliphatic heterocycles. The van der Waals surface area contributed by atoms with Gasteiger partial charge < -0.3 is 0 Å². The first-order chi connectivity index (χ1) is 14.7. The van der Waals surface area contributed by atoms with E-state index in [9.17, 15) is 9.59 Å². The highest BCUT2D eigenvalue weighted by Crippen LogP contribution is 2.48. The van der Waals surface area contributed by atoms with Crippen molar-refractivity contribution in [1.29, 1.82) is 0 Å². The van der Waals surface area contributed by atoms with Gasteiger partial charge in [0.05, 0.1) is 11.3 Å². The molecule has 0 radical (unpaired) electrons. The van der Waals surface area contributed by atoms with Gasteiger partial charge >= 0.3 is 0 Å². The SMILES string of the molecule is O=C(NNC(=O)C1CC2CCC1C2)c1cn(-c2ccccc2)nc1-c1ccccc1. The Morgan fingerprint density at radius 2 is 1.63 bits per heavy atom. The van der Waals surface area contributed by atoms with E-state index < -0.39 is 0 Å². The van der Waals surface area contributed by atoms with Gasteiger partial charge in [0, 0.05) is 17.7 Å². The molecule has 3 atom stereocenters. The van der Waals surface area contributed by atoms with Crippen LogP contribution in [0.3, 0.4) is 0 Å². The van der Waals surface area contributed by atoms with Gasteiger partial charge in [0.2, 0.25) is 5.91 Å². The van der Waals surface area contributed by atoms with Crippen LogP contribution in [-0.2, 0) is 4.79 Å². The maximum absolute atomic E-state index is 13.0. The minimum atomic E-state index is -0.368. The van der Waals surface area contributed by atoms with E-state index in [0.717, 1.165) is 30.5 Å². The molecule has 152 valence electrons. The number of fused-ring (bicyclic) bond motifs is 2. The lowest BCUT2D eigenvalue weighted by Crippen LogP contribution is -2.45. The van der Waals surface area contributed by atoms with E-state index in [4.69, 9.17) is 0 Å². The topological polar surface area (TPSA) is 76.0 Å². The van der Waals surface area contributed by atoms with Crippen LogP contribution in [0, 0.1) is 17.8 Å². The van der Waals surface area contributed by atoms with Crippen LogP contribution in [0.15, 0.2) is 66.9 Å². The molecule has 1 heterocycles. The molecule has 2 saturated carbocycles. The first-order valence-electron chi connectivity index (χ1n) is 10.5. The minimum Gasteiger partial charge on any atom is -0.273 e. The zero-order valence-electron chi connectivity index (χ0n) is 16.6. The minimum absolute atomic E-state index is 0.0182. The molecule has 6 nitrogen and oxygen atoms in total. The Balaban J connectivity index is 1.37. The average molecular weight is 400 g/mol. The van der Waals surface area contributed by atoms with Gasteiger partial charge in [-0.3, -0.25) is 20.4 Å². The van der Waals surface area contributed by atoms with Crippen LogP contribution < -0.4 is 10.9 Å². The summed E-state index contributed by atoms with van der Waals surface area (Å²) in [5.74, 6) is 0.715. The standard InChI is InChI=1S/C24H24N4O2/c29-23(20-14-16-11-12-18(20)13-16)25-26-24(30)21-15-28(19-9-5-2-6-10-19)27-22(21)17-7-3-1-4-8-17/h1-10,15-16,18,20H,11-14H2,(H,25,29)(H,26,30). The van der Waals surface area contributed by atoms with Gasteiger partial charge in [-0.25, -0.2) is 4.68 Å². The summed E-state index contributed by atoms with van der Waals surface area (Å²) in [6, 6.07) is 19.2. The van der Waals surface area contributed by atoms with E-state index >= 15 is 0 Å². The molecule has 2 aliphatic rings. The molecular weight excluding hydrogens is 376 g/mol. The fourth-order valence-corrected chi connectivity index (χ4v) is 4.91. The zero-order valence-corrected chi connectivity index (χ0v) is 16.6. The molecule has 3 unspecified atom stereocenters. The van der Waals surface area contributed by atoms with Crippen molar-refractivity contribution in [1.82, 2.24) is 20.6 Å². The van der Waals surface area contributed by atoms with Gasteiger partial charge in [-0.1, -0.05) is 55.0 Å². The van der Waals surface area contributed by atoms with Crippen molar-refractivity contribution in [3.05, 3.63) is 72.4 Å². The summed E-state index contributed by atoms with van der Waals surface area (Å²) in [4.78, 5) is 25.6. The Labute approximate surface area is 175 Å². The van der Waals surface area contributed by atoms with E-state index in [1.165, 1.54) is 6.42 Å². The highest BCUT2D eigenvalue weighted by atomic mass is 16.2. The quantitative estimate of drug-likeness (QED) is 0.655. The molecule has 2 N–H and O–H groups in total. The fourth-order valence-electron chi connectivity index (χ4n) is 4.91. The number of nitrogens with one attached hydrogen (secondary N) is 2. The number of rotatable bonds is 4. The van der Waals surface area contributed by atoms with Gasteiger partial charge in [0.1, 0.15) is 5.69 Å². The summed E-state index contributed by atoms with van der Waals surface area (Å²) in [6.07, 6.45) is 6.15. The van der Waals surface area contributed by atoms with E-state index in [1.54, 1.807) is 10.9 Å². The maximum atomic E-state index is 13.0. The number of hydrazine groups is 1. The lowest BCUT2D eigenvalue weighted by Gasteiger charge is -2.20. The predicted molar refractivity (Wildman–Crippen MR) is 114 cm³/mol. The Hall–Kier alpha value is -3.41. The second kappa shape index (κ2) is 7.78. The van der Waals surface area contributed by atoms with Crippen molar-refractivity contribution in [3.63, 3.8) is 0 Å². The van der Waals surface area contributed by atoms with Gasteiger partial charge in [-0.2, -0.15) is 5.10 Å². The third-order valence-electron chi connectivity index (χ3n) is 6.40. The summed E-state index contributed by atoms with van der Waals surface area (Å²) in [5, 5.41) is 4.65. The van der Waals surface area contributed by atoms with Crippen molar-refractivity contribution in [2.75, 3.05) is 0 Å². The molecule has 2 aromatic carbocycles. The van der Waals surface area contributed by atoms with Crippen LogP contribution in [0.2, 0.25) is 0 Å². The number of hydrogen-bond donors (Lipinski definition) is 2. The first kappa shape index (κ1) is 18.6. The molecular formula is C24H24N4O2. The molecule has 2 amide bonds. The third-order valence-corrected chi connectivity index (χ3v) is 6.40. The molecule has 0 spiro atoms. The molecule has 3 aromatic rings. The molecule has 6 heteroatoms. The van der Waals surface area contributed by atoms with Crippen LogP contribution in [0.25, 0.3) is 16.9 Å². The van der Waals surface area contributed by atoms with Crippen LogP contribution >= 0.6 is 0 Å². The Bertz CT molecular complexity index is 1060. The molecule has 1 aromatic heterocycles. The van der Waals surface area contributed by atoms with Crippen molar-refractivity contribution in [3.8, 4) is 16.9 Å². The van der Waals surface area contributed by atoms with E-state index in [-0.39, 0.29) is 17.7 Å². The molecule has 2 fully saturated rings. The highest BCUT2D eigenvalue weighted by Gasteiger charge is 2.43. The summed E-state index contributed by atoms with van der Waals surface area (Å²) >= 11 is 0. The Morgan fingerprint density at radius 3 is 2.30 bits per heavy atom. The first-order valence-corrected chi connectivity index (χ1v) is 10.5. The molecule has 30 heavy (non-hydrogen) atoms. The number of carbonyl (C=O) groups excluding carboxylic acids is 2. The van der Waals surface area contributed by atoms with E-state index in [1.807, 2.05) is 60.7 Å². The normalized spacial score (nSPS) is 22.1. The fraction of sp³-hybridized carbons (Fsp3) is 0.292. The number of aromatic nitrogens is 2. The lowest BCUT2D eigenvalue weighted by atomic mass is 9.88. The number of amides is 2. The maximum Gasteiger partial charge on any atom is 0.273 e. The van der Waals surface area contributed by atoms with Crippen molar-refractivity contribution in [2.24, 2.45) is 17.8 Å². The second-order valence-corrected chi connectivity index (χ2v) is 8.26. The summed E-state index contributed by atoms with van der Waals surface area (Å²) < 4.78 is 1.69. The number of para-hydroxylation sites is 1. The monoisotopic (exact) mass is 400 g/mol. The van der Waals surface area contributed by atoms with Gasteiger partial charge in [0.15, 0.2) is 0 Å².